The van der Waals surface area contributed by atoms with Gasteiger partial charge < -0.3 is 9.64 Å². The lowest BCUT2D eigenvalue weighted by atomic mass is 10.1. The van der Waals surface area contributed by atoms with E-state index in [1.807, 2.05) is 12.1 Å². The summed E-state index contributed by atoms with van der Waals surface area (Å²) in [5.41, 5.74) is 2.67. The van der Waals surface area contributed by atoms with Gasteiger partial charge >= 0.3 is 0 Å². The van der Waals surface area contributed by atoms with E-state index in [0.717, 1.165) is 29.7 Å². The second kappa shape index (κ2) is 7.46. The van der Waals surface area contributed by atoms with Crippen molar-refractivity contribution >= 4 is 15.9 Å². The Bertz CT molecular complexity index is 539. The van der Waals surface area contributed by atoms with E-state index in [1.54, 1.807) is 7.11 Å². The second-order valence-corrected chi connectivity index (χ2v) is 5.88. The lowest BCUT2D eigenvalue weighted by Gasteiger charge is -2.17. The summed E-state index contributed by atoms with van der Waals surface area (Å²) in [4.78, 5) is 2.34. The molecule has 3 heteroatoms. The van der Waals surface area contributed by atoms with Crippen molar-refractivity contribution in [2.75, 3.05) is 20.7 Å². The zero-order valence-electron chi connectivity index (χ0n) is 12.0. The summed E-state index contributed by atoms with van der Waals surface area (Å²) >= 11 is 3.51. The van der Waals surface area contributed by atoms with Crippen molar-refractivity contribution in [2.45, 2.75) is 13.0 Å². The molecule has 20 heavy (non-hydrogen) atoms. The SMILES string of the molecule is COc1ccc(CN(C)CCc2cccc(Br)c2)cc1. The maximum absolute atomic E-state index is 5.17. The minimum Gasteiger partial charge on any atom is -0.497 e. The van der Waals surface area contributed by atoms with E-state index in [1.165, 1.54) is 11.1 Å². The highest BCUT2D eigenvalue weighted by Crippen LogP contribution is 2.14. The minimum atomic E-state index is 0.908. The van der Waals surface area contributed by atoms with E-state index in [2.05, 4.69) is 64.3 Å². The predicted molar refractivity (Wildman–Crippen MR) is 87.2 cm³/mol. The summed E-state index contributed by atoms with van der Waals surface area (Å²) in [7, 11) is 3.85. The maximum Gasteiger partial charge on any atom is 0.118 e. The largest absolute Gasteiger partial charge is 0.497 e. The Morgan fingerprint density at radius 2 is 1.80 bits per heavy atom. The van der Waals surface area contributed by atoms with Crippen LogP contribution in [0.4, 0.5) is 0 Å². The van der Waals surface area contributed by atoms with Crippen LogP contribution in [0.2, 0.25) is 0 Å². The lowest BCUT2D eigenvalue weighted by Crippen LogP contribution is -2.20. The second-order valence-electron chi connectivity index (χ2n) is 4.97. The fourth-order valence-electron chi connectivity index (χ4n) is 2.13. The fourth-order valence-corrected chi connectivity index (χ4v) is 2.58. The van der Waals surface area contributed by atoms with E-state index in [0.29, 0.717) is 0 Å². The topological polar surface area (TPSA) is 12.5 Å². The molecule has 0 radical (unpaired) electrons. The smallest absolute Gasteiger partial charge is 0.118 e. The first-order valence-electron chi connectivity index (χ1n) is 6.73. The number of ether oxygens (including phenoxy) is 1. The molecule has 0 aromatic heterocycles. The van der Waals surface area contributed by atoms with Gasteiger partial charge in [0.25, 0.3) is 0 Å². The molecule has 0 spiro atoms. The number of methoxy groups -OCH3 is 1. The van der Waals surface area contributed by atoms with E-state index in [-0.39, 0.29) is 0 Å². The first kappa shape index (κ1) is 15.1. The zero-order chi connectivity index (χ0) is 14.4. The van der Waals surface area contributed by atoms with Gasteiger partial charge in [-0.1, -0.05) is 40.2 Å². The van der Waals surface area contributed by atoms with Crippen molar-refractivity contribution in [3.8, 4) is 5.75 Å². The summed E-state index contributed by atoms with van der Waals surface area (Å²) < 4.78 is 6.32. The molecule has 0 saturated carbocycles. The quantitative estimate of drug-likeness (QED) is 0.787. The molecule has 106 valence electrons. The van der Waals surface area contributed by atoms with Gasteiger partial charge in [-0.25, -0.2) is 0 Å². The number of likely N-dealkylation sites (N-methyl/N-ethyl adjacent to an activating group) is 1. The summed E-state index contributed by atoms with van der Waals surface area (Å²) in [6.07, 6.45) is 1.06. The number of hydrogen-bond donors (Lipinski definition) is 0. The molecule has 0 unspecified atom stereocenters. The highest BCUT2D eigenvalue weighted by atomic mass is 79.9. The van der Waals surface area contributed by atoms with Crippen LogP contribution in [-0.2, 0) is 13.0 Å². The Morgan fingerprint density at radius 1 is 1.05 bits per heavy atom. The Kier molecular flexibility index (Phi) is 5.62. The third-order valence-corrected chi connectivity index (χ3v) is 3.78. The van der Waals surface area contributed by atoms with E-state index in [4.69, 9.17) is 4.74 Å². The van der Waals surface area contributed by atoms with Crippen LogP contribution in [0.1, 0.15) is 11.1 Å². The molecule has 0 aliphatic rings. The van der Waals surface area contributed by atoms with Crippen LogP contribution in [0.5, 0.6) is 5.75 Å². The highest BCUT2D eigenvalue weighted by Gasteiger charge is 2.02. The molecule has 0 atom stereocenters. The maximum atomic E-state index is 5.17. The van der Waals surface area contributed by atoms with Crippen LogP contribution in [0.3, 0.4) is 0 Å². The summed E-state index contributed by atoms with van der Waals surface area (Å²) in [5.74, 6) is 0.908. The molecule has 2 aromatic rings. The average molecular weight is 334 g/mol. The van der Waals surface area contributed by atoms with Gasteiger partial charge in [0.2, 0.25) is 0 Å². The van der Waals surface area contributed by atoms with Crippen LogP contribution >= 0.6 is 15.9 Å². The van der Waals surface area contributed by atoms with Crippen LogP contribution in [0.25, 0.3) is 0 Å². The molecule has 0 aliphatic heterocycles. The van der Waals surface area contributed by atoms with E-state index in [9.17, 15) is 0 Å². The first-order valence-corrected chi connectivity index (χ1v) is 7.52. The molecule has 2 nitrogen and oxygen atoms in total. The molecule has 0 bridgehead atoms. The van der Waals surface area contributed by atoms with Gasteiger partial charge in [0.15, 0.2) is 0 Å². The van der Waals surface area contributed by atoms with E-state index >= 15 is 0 Å². The van der Waals surface area contributed by atoms with Crippen LogP contribution in [-0.4, -0.2) is 25.6 Å². The van der Waals surface area contributed by atoms with Gasteiger partial charge in [0, 0.05) is 17.6 Å². The minimum absolute atomic E-state index is 0.908. The Hall–Kier alpha value is -1.32. The van der Waals surface area contributed by atoms with Crippen LogP contribution in [0, 0.1) is 0 Å². The Morgan fingerprint density at radius 3 is 2.45 bits per heavy atom. The van der Waals surface area contributed by atoms with Crippen molar-refractivity contribution in [2.24, 2.45) is 0 Å². The predicted octanol–water partition coefficient (Wildman–Crippen LogP) is 4.13. The summed E-state index contributed by atoms with van der Waals surface area (Å²) in [6, 6.07) is 16.8. The zero-order valence-corrected chi connectivity index (χ0v) is 13.6. The van der Waals surface area contributed by atoms with Crippen LogP contribution in [0.15, 0.2) is 53.0 Å². The molecule has 0 N–H and O–H groups in total. The van der Waals surface area contributed by atoms with Gasteiger partial charge in [0.1, 0.15) is 5.75 Å². The third-order valence-electron chi connectivity index (χ3n) is 3.28. The number of benzene rings is 2. The molecule has 0 aliphatic carbocycles. The number of hydrogen-bond acceptors (Lipinski definition) is 2. The fraction of sp³-hybridized carbons (Fsp3) is 0.294. The Balaban J connectivity index is 1.84. The number of nitrogens with zero attached hydrogens (tertiary/aromatic N) is 1. The molecule has 0 amide bonds. The van der Waals surface area contributed by atoms with Gasteiger partial charge in [-0.2, -0.15) is 0 Å². The average Bonchev–Trinajstić information content (AvgIpc) is 2.46. The van der Waals surface area contributed by atoms with Crippen molar-refractivity contribution in [1.29, 1.82) is 0 Å². The highest BCUT2D eigenvalue weighted by molar-refractivity contribution is 9.10. The van der Waals surface area contributed by atoms with Gasteiger partial charge in [0.05, 0.1) is 7.11 Å². The van der Waals surface area contributed by atoms with Crippen molar-refractivity contribution in [3.63, 3.8) is 0 Å². The van der Waals surface area contributed by atoms with Crippen molar-refractivity contribution < 1.29 is 4.74 Å². The van der Waals surface area contributed by atoms with Crippen molar-refractivity contribution in [3.05, 3.63) is 64.1 Å². The first-order chi connectivity index (χ1) is 9.67. The molecular weight excluding hydrogens is 314 g/mol. The molecule has 2 rings (SSSR count). The number of rotatable bonds is 6. The summed E-state index contributed by atoms with van der Waals surface area (Å²) in [5, 5.41) is 0. The molecular formula is C17H20BrNO. The lowest BCUT2D eigenvalue weighted by molar-refractivity contribution is 0.331. The molecule has 0 heterocycles. The normalized spacial score (nSPS) is 10.8. The number of halogens is 1. The standard InChI is InChI=1S/C17H20BrNO/c1-19(11-10-14-4-3-5-16(18)12-14)13-15-6-8-17(20-2)9-7-15/h3-9,12H,10-11,13H2,1-2H3. The monoisotopic (exact) mass is 333 g/mol. The van der Waals surface area contributed by atoms with Gasteiger partial charge in [-0.15, -0.1) is 0 Å². The van der Waals surface area contributed by atoms with Gasteiger partial charge in [-0.3, -0.25) is 0 Å². The molecule has 0 fully saturated rings. The molecule has 0 saturated heterocycles. The summed E-state index contributed by atoms with van der Waals surface area (Å²) in [6.45, 7) is 2.00. The Labute approximate surface area is 129 Å². The van der Waals surface area contributed by atoms with Gasteiger partial charge in [-0.05, 0) is 48.9 Å². The molecule has 2 aromatic carbocycles. The third kappa shape index (κ3) is 4.66. The van der Waals surface area contributed by atoms with E-state index < -0.39 is 0 Å². The van der Waals surface area contributed by atoms with Crippen molar-refractivity contribution in [1.82, 2.24) is 4.90 Å². The van der Waals surface area contributed by atoms with Crippen LogP contribution < -0.4 is 4.74 Å².